The SMILES string of the molecule is CN=C(C(Cl)=CN)c1cc(OC2CN(C(=O)N3N=CC[C@H]3c3cc(F)cc(F)c3)C2)c(F)cn1. The molecule has 12 heteroatoms. The van der Waals surface area contributed by atoms with Gasteiger partial charge in [0.1, 0.15) is 23.5 Å². The molecule has 178 valence electrons. The summed E-state index contributed by atoms with van der Waals surface area (Å²) in [6, 6.07) is 3.41. The molecule has 1 saturated heterocycles. The van der Waals surface area contributed by atoms with Gasteiger partial charge in [0, 0.05) is 38.0 Å². The number of carbonyl (C=O) groups excluding carboxylic acids is 1. The number of hydrogen-bond donors (Lipinski definition) is 1. The molecule has 1 fully saturated rings. The third kappa shape index (κ3) is 4.69. The highest BCUT2D eigenvalue weighted by Crippen LogP contribution is 2.32. The number of carbonyl (C=O) groups is 1. The Morgan fingerprint density at radius 1 is 1.24 bits per heavy atom. The van der Waals surface area contributed by atoms with E-state index in [1.807, 2.05) is 0 Å². The molecule has 0 radical (unpaired) electrons. The van der Waals surface area contributed by atoms with Gasteiger partial charge in [-0.15, -0.1) is 0 Å². The predicted molar refractivity (Wildman–Crippen MR) is 120 cm³/mol. The number of amides is 2. The minimum Gasteiger partial charge on any atom is -0.483 e. The van der Waals surface area contributed by atoms with Crippen molar-refractivity contribution in [3.63, 3.8) is 0 Å². The number of pyridine rings is 1. The molecule has 0 aliphatic carbocycles. The number of hydrazone groups is 1. The lowest BCUT2D eigenvalue weighted by Crippen LogP contribution is -2.58. The Kier molecular flexibility index (Phi) is 6.73. The Bertz CT molecular complexity index is 1180. The van der Waals surface area contributed by atoms with Crippen molar-refractivity contribution in [2.75, 3.05) is 20.1 Å². The van der Waals surface area contributed by atoms with Crippen LogP contribution in [0.5, 0.6) is 5.75 Å². The van der Waals surface area contributed by atoms with Crippen molar-refractivity contribution in [2.24, 2.45) is 15.8 Å². The van der Waals surface area contributed by atoms with Crippen molar-refractivity contribution < 1.29 is 22.7 Å². The van der Waals surface area contributed by atoms with Gasteiger partial charge in [0.05, 0.1) is 36.1 Å². The lowest BCUT2D eigenvalue weighted by molar-refractivity contribution is 0.0256. The highest BCUT2D eigenvalue weighted by molar-refractivity contribution is 6.46. The van der Waals surface area contributed by atoms with Crippen LogP contribution in [0.15, 0.2) is 51.8 Å². The molecule has 2 amide bonds. The normalized spacial score (nSPS) is 18.9. The van der Waals surface area contributed by atoms with E-state index in [4.69, 9.17) is 22.1 Å². The molecule has 3 heterocycles. The molecule has 2 aliphatic rings. The van der Waals surface area contributed by atoms with Gasteiger partial charge < -0.3 is 15.4 Å². The Labute approximate surface area is 198 Å². The van der Waals surface area contributed by atoms with Crippen molar-refractivity contribution in [1.82, 2.24) is 14.9 Å². The maximum absolute atomic E-state index is 14.3. The van der Waals surface area contributed by atoms with Crippen molar-refractivity contribution in [1.29, 1.82) is 0 Å². The first-order valence-corrected chi connectivity index (χ1v) is 10.6. The lowest BCUT2D eigenvalue weighted by Gasteiger charge is -2.41. The van der Waals surface area contributed by atoms with Gasteiger partial charge in [-0.25, -0.2) is 23.0 Å². The average Bonchev–Trinajstić information content (AvgIpc) is 3.27. The summed E-state index contributed by atoms with van der Waals surface area (Å²) in [5.74, 6) is -2.22. The number of aliphatic imine (C=N–C) groups is 1. The van der Waals surface area contributed by atoms with Gasteiger partial charge in [0.15, 0.2) is 11.6 Å². The largest absolute Gasteiger partial charge is 0.483 e. The van der Waals surface area contributed by atoms with E-state index in [1.165, 1.54) is 41.4 Å². The van der Waals surface area contributed by atoms with Gasteiger partial charge in [-0.05, 0) is 17.7 Å². The van der Waals surface area contributed by atoms with Crippen LogP contribution in [0.3, 0.4) is 0 Å². The number of aromatic nitrogens is 1. The summed E-state index contributed by atoms with van der Waals surface area (Å²) in [6.07, 6.45) is 3.50. The molecule has 1 aromatic carbocycles. The van der Waals surface area contributed by atoms with Crippen molar-refractivity contribution in [3.05, 3.63) is 70.4 Å². The van der Waals surface area contributed by atoms with E-state index in [9.17, 15) is 18.0 Å². The average molecular weight is 493 g/mol. The van der Waals surface area contributed by atoms with Crippen LogP contribution in [-0.4, -0.2) is 59.1 Å². The fraction of sp³-hybridized carbons (Fsp3) is 0.273. The summed E-state index contributed by atoms with van der Waals surface area (Å²) in [7, 11) is 1.49. The van der Waals surface area contributed by atoms with Gasteiger partial charge in [-0.2, -0.15) is 5.10 Å². The summed E-state index contributed by atoms with van der Waals surface area (Å²) >= 11 is 6.02. The Morgan fingerprint density at radius 2 is 1.94 bits per heavy atom. The molecule has 2 aromatic rings. The number of hydrogen-bond acceptors (Lipinski definition) is 6. The molecular formula is C22H20ClF3N6O2. The van der Waals surface area contributed by atoms with Crippen LogP contribution in [0.4, 0.5) is 18.0 Å². The van der Waals surface area contributed by atoms with E-state index in [0.29, 0.717) is 12.0 Å². The highest BCUT2D eigenvalue weighted by atomic mass is 35.5. The zero-order chi connectivity index (χ0) is 24.4. The first-order chi connectivity index (χ1) is 16.3. The Balaban J connectivity index is 1.41. The Morgan fingerprint density at radius 3 is 2.59 bits per heavy atom. The maximum Gasteiger partial charge on any atom is 0.341 e. The first-order valence-electron chi connectivity index (χ1n) is 10.2. The third-order valence-corrected chi connectivity index (χ3v) is 5.67. The lowest BCUT2D eigenvalue weighted by atomic mass is 10.0. The molecule has 8 nitrogen and oxygen atoms in total. The number of allylic oxidation sites excluding steroid dienone is 1. The number of likely N-dealkylation sites (tertiary alicyclic amines) is 1. The summed E-state index contributed by atoms with van der Waals surface area (Å²) < 4.78 is 47.2. The van der Waals surface area contributed by atoms with E-state index < -0.39 is 35.6 Å². The fourth-order valence-corrected chi connectivity index (χ4v) is 3.88. The predicted octanol–water partition coefficient (Wildman–Crippen LogP) is 3.57. The number of benzene rings is 1. The topological polar surface area (TPSA) is 96.4 Å². The fourth-order valence-electron chi connectivity index (χ4n) is 3.70. The second kappa shape index (κ2) is 9.72. The number of rotatable bonds is 5. The molecule has 2 aliphatic heterocycles. The van der Waals surface area contributed by atoms with Crippen LogP contribution in [0.25, 0.3) is 0 Å². The zero-order valence-corrected chi connectivity index (χ0v) is 18.7. The minimum atomic E-state index is -0.732. The molecular weight excluding hydrogens is 473 g/mol. The Hall–Kier alpha value is -3.60. The summed E-state index contributed by atoms with van der Waals surface area (Å²) in [5, 5.41) is 5.39. The standard InChI is InChI=1S/C22H20ClF3N6O2/c1-28-21(16(23)8-27)18-7-20(17(26)9-29-18)34-15-10-31(11-15)22(33)32-19(2-3-30-32)12-4-13(24)6-14(25)5-12/h3-9,15,19H,2,10-11,27H2,1H3/t19-/m0/s1. The number of nitrogens with two attached hydrogens (primary N) is 1. The maximum atomic E-state index is 14.3. The zero-order valence-electron chi connectivity index (χ0n) is 18.0. The van der Waals surface area contributed by atoms with E-state index in [1.54, 1.807) is 0 Å². The molecule has 2 N–H and O–H groups in total. The van der Waals surface area contributed by atoms with Crippen LogP contribution in [0, 0.1) is 17.5 Å². The third-order valence-electron chi connectivity index (χ3n) is 5.37. The molecule has 34 heavy (non-hydrogen) atoms. The number of urea groups is 1. The van der Waals surface area contributed by atoms with Gasteiger partial charge in [-0.3, -0.25) is 9.98 Å². The molecule has 0 unspecified atom stereocenters. The minimum absolute atomic E-state index is 0.0722. The molecule has 0 bridgehead atoms. The molecule has 1 aromatic heterocycles. The smallest absolute Gasteiger partial charge is 0.341 e. The van der Waals surface area contributed by atoms with Gasteiger partial charge in [0.25, 0.3) is 0 Å². The molecule has 0 spiro atoms. The second-order valence-corrected chi connectivity index (χ2v) is 8.02. The second-order valence-electron chi connectivity index (χ2n) is 7.61. The monoisotopic (exact) mass is 492 g/mol. The number of nitrogens with zero attached hydrogens (tertiary/aromatic N) is 5. The highest BCUT2D eigenvalue weighted by Gasteiger charge is 2.39. The summed E-state index contributed by atoms with van der Waals surface area (Å²) in [4.78, 5) is 22.3. The summed E-state index contributed by atoms with van der Waals surface area (Å²) in [5.41, 5.74) is 6.28. The van der Waals surface area contributed by atoms with Crippen LogP contribution in [0.1, 0.15) is 23.7 Å². The number of ether oxygens (including phenoxy) is 1. The first kappa shape index (κ1) is 23.6. The van der Waals surface area contributed by atoms with E-state index in [-0.39, 0.29) is 35.3 Å². The van der Waals surface area contributed by atoms with E-state index >= 15 is 0 Å². The van der Waals surface area contributed by atoms with E-state index in [2.05, 4.69) is 15.1 Å². The van der Waals surface area contributed by atoms with Crippen molar-refractivity contribution in [2.45, 2.75) is 18.6 Å². The van der Waals surface area contributed by atoms with Gasteiger partial charge in [-0.1, -0.05) is 11.6 Å². The molecule has 1 atom stereocenters. The molecule has 0 saturated carbocycles. The number of halogens is 4. The summed E-state index contributed by atoms with van der Waals surface area (Å²) in [6.45, 7) is 0.342. The van der Waals surface area contributed by atoms with Crippen LogP contribution in [0.2, 0.25) is 0 Å². The van der Waals surface area contributed by atoms with Crippen LogP contribution in [-0.2, 0) is 0 Å². The van der Waals surface area contributed by atoms with Gasteiger partial charge >= 0.3 is 6.03 Å². The van der Waals surface area contributed by atoms with Crippen molar-refractivity contribution in [3.8, 4) is 5.75 Å². The van der Waals surface area contributed by atoms with Crippen LogP contribution < -0.4 is 10.5 Å². The quantitative estimate of drug-likeness (QED) is 0.645. The van der Waals surface area contributed by atoms with Crippen molar-refractivity contribution >= 4 is 29.6 Å². The van der Waals surface area contributed by atoms with E-state index in [0.717, 1.165) is 18.5 Å². The van der Waals surface area contributed by atoms with Gasteiger partial charge in [0.2, 0.25) is 0 Å². The van der Waals surface area contributed by atoms with Crippen LogP contribution >= 0.6 is 11.6 Å². The molecule has 4 rings (SSSR count).